The van der Waals surface area contributed by atoms with Gasteiger partial charge in [0.2, 0.25) is 5.28 Å². The number of aromatic nitrogens is 8. The molecule has 4 rings (SSSR count). The summed E-state index contributed by atoms with van der Waals surface area (Å²) >= 11 is 5.93. The first-order valence-corrected chi connectivity index (χ1v) is 11.4. The summed E-state index contributed by atoms with van der Waals surface area (Å²) < 4.78 is 40.7. The number of aryl methyl sites for hydroxylation is 2. The van der Waals surface area contributed by atoms with Crippen molar-refractivity contribution in [3.8, 4) is 0 Å². The van der Waals surface area contributed by atoms with Crippen molar-refractivity contribution >= 4 is 22.8 Å². The van der Waals surface area contributed by atoms with Gasteiger partial charge in [0.25, 0.3) is 5.56 Å². The van der Waals surface area contributed by atoms with Crippen molar-refractivity contribution in [1.29, 1.82) is 0 Å². The minimum Gasteiger partial charge on any atom is -0.323 e. The highest BCUT2D eigenvalue weighted by atomic mass is 35.5. The zero-order valence-corrected chi connectivity index (χ0v) is 19.5. The molecule has 0 bridgehead atoms. The molecule has 0 aliphatic rings. The Kier molecular flexibility index (Phi) is 7.05. The van der Waals surface area contributed by atoms with Gasteiger partial charge in [-0.2, -0.15) is 23.0 Å². The number of aromatic amines is 1. The van der Waals surface area contributed by atoms with Gasteiger partial charge < -0.3 is 4.98 Å². The van der Waals surface area contributed by atoms with Crippen LogP contribution in [0.5, 0.6) is 0 Å². The standard InChI is InChI=1S/C21H22ClF3N8O2/c1-2-3-9-31-17-16(26-19(22)27-17)18(34)32(20(31)35)10-4-11-33-29-15(28-30-33)12-13-5-7-14(8-6-13)21(23,24)25/h5-8H,2-4,9-12H2,1H3,(H,26,27). The van der Waals surface area contributed by atoms with Crippen molar-refractivity contribution in [3.63, 3.8) is 0 Å². The third-order valence-corrected chi connectivity index (χ3v) is 5.62. The number of fused-ring (bicyclic) bond motifs is 1. The van der Waals surface area contributed by atoms with Gasteiger partial charge in [0, 0.05) is 19.5 Å². The SMILES string of the molecule is CCCCn1c(=O)n(CCCn2nnc(Cc3ccc(C(F)(F)F)cc3)n2)c(=O)c2[nH]c(Cl)nc21. The average Bonchev–Trinajstić information content (AvgIpc) is 3.42. The Morgan fingerprint density at radius 2 is 1.74 bits per heavy atom. The quantitative estimate of drug-likeness (QED) is 0.346. The van der Waals surface area contributed by atoms with Gasteiger partial charge in [-0.1, -0.05) is 25.5 Å². The highest BCUT2D eigenvalue weighted by Crippen LogP contribution is 2.29. The van der Waals surface area contributed by atoms with Gasteiger partial charge in [0.15, 0.2) is 17.0 Å². The molecule has 0 atom stereocenters. The molecule has 1 N–H and O–H groups in total. The van der Waals surface area contributed by atoms with Crippen LogP contribution in [0.2, 0.25) is 5.28 Å². The first-order chi connectivity index (χ1) is 16.7. The van der Waals surface area contributed by atoms with Crippen LogP contribution in [0.3, 0.4) is 0 Å². The van der Waals surface area contributed by atoms with E-state index in [2.05, 4.69) is 25.4 Å². The zero-order valence-electron chi connectivity index (χ0n) is 18.7. The smallest absolute Gasteiger partial charge is 0.323 e. The number of alkyl halides is 3. The second-order valence-electron chi connectivity index (χ2n) is 8.00. The van der Waals surface area contributed by atoms with Gasteiger partial charge >= 0.3 is 11.9 Å². The molecule has 4 aromatic rings. The number of unbranched alkanes of at least 4 members (excludes halogenated alkanes) is 1. The molecule has 3 heterocycles. The van der Waals surface area contributed by atoms with Crippen molar-refractivity contribution in [2.75, 3.05) is 0 Å². The summed E-state index contributed by atoms with van der Waals surface area (Å²) in [7, 11) is 0. The molecule has 0 amide bonds. The number of hydrogen-bond acceptors (Lipinski definition) is 6. The third kappa shape index (κ3) is 5.45. The minimum absolute atomic E-state index is 0.0342. The summed E-state index contributed by atoms with van der Waals surface area (Å²) in [5.41, 5.74) is -0.676. The van der Waals surface area contributed by atoms with Crippen molar-refractivity contribution < 1.29 is 13.2 Å². The Morgan fingerprint density at radius 3 is 2.43 bits per heavy atom. The number of hydrogen-bond donors (Lipinski definition) is 1. The third-order valence-electron chi connectivity index (χ3n) is 5.45. The number of nitrogens with one attached hydrogen (secondary N) is 1. The number of H-pyrrole nitrogens is 1. The first kappa shape index (κ1) is 24.6. The lowest BCUT2D eigenvalue weighted by atomic mass is 10.1. The molecule has 0 unspecified atom stereocenters. The summed E-state index contributed by atoms with van der Waals surface area (Å²) in [6.45, 7) is 2.80. The summed E-state index contributed by atoms with van der Waals surface area (Å²) in [5.74, 6) is 0.345. The largest absolute Gasteiger partial charge is 0.416 e. The molecule has 0 fully saturated rings. The van der Waals surface area contributed by atoms with Crippen molar-refractivity contribution in [3.05, 3.63) is 67.3 Å². The van der Waals surface area contributed by atoms with E-state index in [4.69, 9.17) is 11.6 Å². The lowest BCUT2D eigenvalue weighted by molar-refractivity contribution is -0.137. The van der Waals surface area contributed by atoms with E-state index in [-0.39, 0.29) is 36.0 Å². The molecule has 0 aliphatic carbocycles. The van der Waals surface area contributed by atoms with E-state index in [9.17, 15) is 22.8 Å². The van der Waals surface area contributed by atoms with E-state index in [1.807, 2.05) is 6.92 Å². The lowest BCUT2D eigenvalue weighted by Crippen LogP contribution is -2.40. The van der Waals surface area contributed by atoms with Gasteiger partial charge in [-0.05, 0) is 47.4 Å². The molecule has 0 spiro atoms. The summed E-state index contributed by atoms with van der Waals surface area (Å²) in [4.78, 5) is 33.9. The second kappa shape index (κ2) is 10.0. The molecule has 0 saturated carbocycles. The van der Waals surface area contributed by atoms with Crippen LogP contribution in [0.4, 0.5) is 13.2 Å². The van der Waals surface area contributed by atoms with Gasteiger partial charge in [0.1, 0.15) is 0 Å². The van der Waals surface area contributed by atoms with E-state index in [0.717, 1.165) is 29.5 Å². The number of rotatable bonds is 9. The van der Waals surface area contributed by atoms with E-state index in [1.54, 1.807) is 0 Å². The monoisotopic (exact) mass is 510 g/mol. The molecule has 1 aromatic carbocycles. The number of tetrazole rings is 1. The molecule has 0 radical (unpaired) electrons. The number of imidazole rings is 1. The van der Waals surface area contributed by atoms with Crippen LogP contribution >= 0.6 is 11.6 Å². The van der Waals surface area contributed by atoms with Crippen molar-refractivity contribution in [1.82, 2.24) is 39.3 Å². The lowest BCUT2D eigenvalue weighted by Gasteiger charge is -2.10. The van der Waals surface area contributed by atoms with Crippen molar-refractivity contribution in [2.24, 2.45) is 0 Å². The maximum atomic E-state index is 13.0. The van der Waals surface area contributed by atoms with E-state index in [0.29, 0.717) is 24.4 Å². The van der Waals surface area contributed by atoms with Crippen LogP contribution in [0.1, 0.15) is 43.1 Å². The van der Waals surface area contributed by atoms with Gasteiger partial charge in [-0.25, -0.2) is 4.79 Å². The van der Waals surface area contributed by atoms with Gasteiger partial charge in [-0.15, -0.1) is 10.2 Å². The first-order valence-electron chi connectivity index (χ1n) is 11.0. The highest BCUT2D eigenvalue weighted by Gasteiger charge is 2.30. The van der Waals surface area contributed by atoms with E-state index in [1.165, 1.54) is 21.5 Å². The maximum Gasteiger partial charge on any atom is 0.416 e. The predicted octanol–water partition coefficient (Wildman–Crippen LogP) is 3.03. The molecule has 14 heteroatoms. The van der Waals surface area contributed by atoms with Crippen LogP contribution in [0.15, 0.2) is 33.9 Å². The van der Waals surface area contributed by atoms with E-state index >= 15 is 0 Å². The Morgan fingerprint density at radius 1 is 1.03 bits per heavy atom. The van der Waals surface area contributed by atoms with Gasteiger partial charge in [-0.3, -0.25) is 13.9 Å². The zero-order chi connectivity index (χ0) is 25.2. The second-order valence-corrected chi connectivity index (χ2v) is 8.36. The van der Waals surface area contributed by atoms with Crippen LogP contribution in [-0.4, -0.2) is 39.3 Å². The number of benzene rings is 1. The highest BCUT2D eigenvalue weighted by molar-refractivity contribution is 6.28. The van der Waals surface area contributed by atoms with E-state index < -0.39 is 23.0 Å². The van der Waals surface area contributed by atoms with Crippen LogP contribution < -0.4 is 11.2 Å². The molecule has 0 aliphatic heterocycles. The molecular weight excluding hydrogens is 489 g/mol. The fourth-order valence-electron chi connectivity index (χ4n) is 3.66. The summed E-state index contributed by atoms with van der Waals surface area (Å²) in [6, 6.07) is 4.76. The van der Waals surface area contributed by atoms with Gasteiger partial charge in [0.05, 0.1) is 12.1 Å². The maximum absolute atomic E-state index is 13.0. The Balaban J connectivity index is 1.44. The Hall–Kier alpha value is -3.48. The summed E-state index contributed by atoms with van der Waals surface area (Å²) in [5, 5.41) is 12.1. The molecule has 3 aromatic heterocycles. The van der Waals surface area contributed by atoms with Crippen molar-refractivity contribution in [2.45, 2.75) is 58.4 Å². The number of nitrogens with zero attached hydrogens (tertiary/aromatic N) is 7. The Labute approximate surface area is 201 Å². The fourth-order valence-corrected chi connectivity index (χ4v) is 3.83. The predicted molar refractivity (Wildman–Crippen MR) is 121 cm³/mol. The topological polar surface area (TPSA) is 116 Å². The Bertz CT molecular complexity index is 1440. The fraction of sp³-hybridized carbons (Fsp3) is 0.429. The molecule has 0 saturated heterocycles. The van der Waals surface area contributed by atoms with Crippen LogP contribution in [0, 0.1) is 0 Å². The van der Waals surface area contributed by atoms with Crippen LogP contribution in [0.25, 0.3) is 11.2 Å². The normalized spacial score (nSPS) is 12.0. The molecular formula is C21H22ClF3N8O2. The molecule has 35 heavy (non-hydrogen) atoms. The van der Waals surface area contributed by atoms with Crippen LogP contribution in [-0.2, 0) is 32.2 Å². The number of halogens is 4. The molecule has 10 nitrogen and oxygen atoms in total. The average molecular weight is 511 g/mol. The molecule has 186 valence electrons. The minimum atomic E-state index is -4.39. The summed E-state index contributed by atoms with van der Waals surface area (Å²) in [6.07, 6.45) is -2.21.